The number of carbonyl (C=O) groups excluding carboxylic acids is 2. The Balaban J connectivity index is 3.33. The zero-order valence-electron chi connectivity index (χ0n) is 47.7. The quantitative estimate of drug-likeness (QED) is 0.0321. The first-order valence-corrected chi connectivity index (χ1v) is 31.8. The predicted octanol–water partition coefficient (Wildman–Crippen LogP) is 20.0. The molecule has 2 unspecified atom stereocenters. The van der Waals surface area contributed by atoms with Crippen LogP contribution in [0.1, 0.15) is 341 Å². The van der Waals surface area contributed by atoms with Gasteiger partial charge in [-0.2, -0.15) is 0 Å². The number of allylic oxidation sites excluding steroid dienone is 5. The average Bonchev–Trinajstić information content (AvgIpc) is 3.37. The topological polar surface area (TPSA) is 95.9 Å². The number of rotatable bonds is 59. The summed E-state index contributed by atoms with van der Waals surface area (Å²) in [6.07, 6.45) is 76.4. The van der Waals surface area contributed by atoms with E-state index in [4.69, 9.17) is 4.74 Å². The smallest absolute Gasteiger partial charge is 0.305 e. The van der Waals surface area contributed by atoms with E-state index in [0.717, 1.165) is 51.4 Å². The van der Waals surface area contributed by atoms with Crippen LogP contribution < -0.4 is 5.32 Å². The molecule has 3 N–H and O–H groups in total. The minimum atomic E-state index is -0.840. The van der Waals surface area contributed by atoms with Crippen LogP contribution in [0.2, 0.25) is 0 Å². The molecule has 0 aromatic rings. The second kappa shape index (κ2) is 60.6. The number of amides is 1. The van der Waals surface area contributed by atoms with Crippen molar-refractivity contribution in [2.75, 3.05) is 13.2 Å². The van der Waals surface area contributed by atoms with Crippen LogP contribution in [0, 0.1) is 0 Å². The fourth-order valence-corrected chi connectivity index (χ4v) is 9.79. The number of hydrogen-bond donors (Lipinski definition) is 3. The SMILES string of the molecule is CCC/C=C\C/C=C\CCCCCCCC(=O)OCCCCCCCCCCCCCCCCCCCCCCCCCCCCCCCCC(=O)NC(CO)C(O)/C=C/CCCCCCCCCCC. The van der Waals surface area contributed by atoms with E-state index in [1.807, 2.05) is 6.08 Å². The van der Waals surface area contributed by atoms with Crippen molar-refractivity contribution in [3.63, 3.8) is 0 Å². The number of unbranched alkanes of at least 4 members (excludes halogenated alkanes) is 44. The summed E-state index contributed by atoms with van der Waals surface area (Å²) in [6, 6.07) is -0.623. The van der Waals surface area contributed by atoms with Crippen LogP contribution in [0.25, 0.3) is 0 Å². The van der Waals surface area contributed by atoms with Gasteiger partial charge < -0.3 is 20.3 Å². The molecule has 6 nitrogen and oxygen atoms in total. The van der Waals surface area contributed by atoms with Crippen LogP contribution in [0.3, 0.4) is 0 Å². The van der Waals surface area contributed by atoms with Gasteiger partial charge in [0.05, 0.1) is 25.4 Å². The molecule has 0 spiro atoms. The molecule has 0 saturated heterocycles. The van der Waals surface area contributed by atoms with Gasteiger partial charge in [-0.25, -0.2) is 0 Å². The summed E-state index contributed by atoms with van der Waals surface area (Å²) < 4.78 is 5.47. The largest absolute Gasteiger partial charge is 0.466 e. The van der Waals surface area contributed by atoms with Gasteiger partial charge in [0.15, 0.2) is 0 Å². The third kappa shape index (κ3) is 57.2. The van der Waals surface area contributed by atoms with Crippen molar-refractivity contribution < 1.29 is 24.5 Å². The summed E-state index contributed by atoms with van der Waals surface area (Å²) in [6.45, 7) is 4.84. The Labute approximate surface area is 443 Å². The standard InChI is InChI=1S/C65H123NO5/c1-3-5-7-9-11-13-15-34-39-43-47-51-55-59-65(70)71-60-56-52-48-44-40-36-33-31-29-27-25-23-21-19-17-16-18-20-22-24-26-28-30-32-35-38-42-46-50-54-58-64(69)66-62(61-67)63(68)57-53-49-45-41-37-14-12-10-8-6-4-2/h7,9,13,15,53,57,62-63,67-68H,3-6,8,10-12,14,16-52,54-56,58-61H2,1-2H3,(H,66,69)/b9-7-,15-13-,57-53+. The molecule has 0 aliphatic rings. The molecule has 418 valence electrons. The molecule has 0 heterocycles. The summed E-state index contributed by atoms with van der Waals surface area (Å²) in [7, 11) is 0. The van der Waals surface area contributed by atoms with Crippen molar-refractivity contribution >= 4 is 11.9 Å². The normalized spacial score (nSPS) is 12.8. The molecule has 0 radical (unpaired) electrons. The molecular weight excluding hydrogens is 875 g/mol. The van der Waals surface area contributed by atoms with Gasteiger partial charge in [0, 0.05) is 12.8 Å². The van der Waals surface area contributed by atoms with Gasteiger partial charge in [-0.3, -0.25) is 9.59 Å². The molecule has 0 bridgehead atoms. The molecule has 0 rings (SSSR count). The van der Waals surface area contributed by atoms with Crippen molar-refractivity contribution in [1.29, 1.82) is 0 Å². The molecule has 6 heteroatoms. The van der Waals surface area contributed by atoms with Gasteiger partial charge in [0.1, 0.15) is 0 Å². The maximum Gasteiger partial charge on any atom is 0.305 e. The van der Waals surface area contributed by atoms with E-state index in [1.54, 1.807) is 6.08 Å². The molecule has 0 aromatic heterocycles. The van der Waals surface area contributed by atoms with Crippen molar-refractivity contribution in [2.45, 2.75) is 353 Å². The minimum Gasteiger partial charge on any atom is -0.466 e. The predicted molar refractivity (Wildman–Crippen MR) is 310 cm³/mol. The number of ether oxygens (including phenoxy) is 1. The van der Waals surface area contributed by atoms with Crippen LogP contribution in [0.4, 0.5) is 0 Å². The highest BCUT2D eigenvalue weighted by atomic mass is 16.5. The number of carbonyl (C=O) groups is 2. The molecule has 1 amide bonds. The highest BCUT2D eigenvalue weighted by Crippen LogP contribution is 2.18. The lowest BCUT2D eigenvalue weighted by molar-refractivity contribution is -0.143. The Morgan fingerprint density at radius 2 is 0.732 bits per heavy atom. The number of aliphatic hydroxyl groups is 2. The highest BCUT2D eigenvalue weighted by Gasteiger charge is 2.18. The number of esters is 1. The maximum absolute atomic E-state index is 12.4. The number of aliphatic hydroxyl groups excluding tert-OH is 2. The summed E-state index contributed by atoms with van der Waals surface area (Å²) >= 11 is 0. The fourth-order valence-electron chi connectivity index (χ4n) is 9.79. The van der Waals surface area contributed by atoms with E-state index < -0.39 is 12.1 Å². The van der Waals surface area contributed by atoms with Gasteiger partial charge in [-0.15, -0.1) is 0 Å². The number of nitrogens with one attached hydrogen (secondary N) is 1. The van der Waals surface area contributed by atoms with Crippen LogP contribution in [0.15, 0.2) is 36.5 Å². The number of hydrogen-bond acceptors (Lipinski definition) is 5. The van der Waals surface area contributed by atoms with E-state index >= 15 is 0 Å². The van der Waals surface area contributed by atoms with Gasteiger partial charge >= 0.3 is 5.97 Å². The molecule has 0 aromatic carbocycles. The zero-order valence-corrected chi connectivity index (χ0v) is 47.7. The molecule has 0 aliphatic carbocycles. The summed E-state index contributed by atoms with van der Waals surface area (Å²) in [4.78, 5) is 24.5. The Hall–Kier alpha value is -1.92. The van der Waals surface area contributed by atoms with Gasteiger partial charge in [-0.1, -0.05) is 307 Å². The highest BCUT2D eigenvalue weighted by molar-refractivity contribution is 5.76. The lowest BCUT2D eigenvalue weighted by atomic mass is 10.0. The molecular formula is C65H123NO5. The minimum absolute atomic E-state index is 0.00422. The maximum atomic E-state index is 12.4. The first kappa shape index (κ1) is 69.1. The summed E-state index contributed by atoms with van der Waals surface area (Å²) in [5, 5.41) is 23.0. The summed E-state index contributed by atoms with van der Waals surface area (Å²) in [5.74, 6) is -0.0604. The zero-order chi connectivity index (χ0) is 51.4. The fraction of sp³-hybridized carbons (Fsp3) is 0.877. The molecule has 0 fully saturated rings. The first-order chi connectivity index (χ1) is 35.0. The Morgan fingerprint density at radius 3 is 1.13 bits per heavy atom. The van der Waals surface area contributed by atoms with Crippen LogP contribution in [0.5, 0.6) is 0 Å². The van der Waals surface area contributed by atoms with Crippen LogP contribution >= 0.6 is 0 Å². The van der Waals surface area contributed by atoms with Crippen molar-refractivity contribution in [3.05, 3.63) is 36.5 Å². The Kier molecular flexibility index (Phi) is 59.0. The van der Waals surface area contributed by atoms with E-state index in [2.05, 4.69) is 43.5 Å². The Morgan fingerprint density at radius 1 is 0.394 bits per heavy atom. The lowest BCUT2D eigenvalue weighted by Gasteiger charge is -2.20. The molecule has 0 saturated carbocycles. The molecule has 0 aliphatic heterocycles. The average molecular weight is 999 g/mol. The summed E-state index contributed by atoms with van der Waals surface area (Å²) in [5.41, 5.74) is 0. The second-order valence-electron chi connectivity index (χ2n) is 21.7. The Bertz CT molecular complexity index is 1150. The van der Waals surface area contributed by atoms with Gasteiger partial charge in [0.2, 0.25) is 5.91 Å². The molecule has 71 heavy (non-hydrogen) atoms. The van der Waals surface area contributed by atoms with Crippen LogP contribution in [-0.2, 0) is 14.3 Å². The third-order valence-corrected chi connectivity index (χ3v) is 14.6. The van der Waals surface area contributed by atoms with Gasteiger partial charge in [0.25, 0.3) is 0 Å². The van der Waals surface area contributed by atoms with Gasteiger partial charge in [-0.05, 0) is 57.8 Å². The first-order valence-electron chi connectivity index (χ1n) is 31.8. The van der Waals surface area contributed by atoms with E-state index in [0.29, 0.717) is 19.4 Å². The van der Waals surface area contributed by atoms with Crippen molar-refractivity contribution in [1.82, 2.24) is 5.32 Å². The van der Waals surface area contributed by atoms with E-state index in [1.165, 1.54) is 263 Å². The third-order valence-electron chi connectivity index (χ3n) is 14.6. The second-order valence-corrected chi connectivity index (χ2v) is 21.7. The monoisotopic (exact) mass is 998 g/mol. The molecule has 2 atom stereocenters. The lowest BCUT2D eigenvalue weighted by Crippen LogP contribution is -2.45. The van der Waals surface area contributed by atoms with Crippen LogP contribution in [-0.4, -0.2) is 47.4 Å². The van der Waals surface area contributed by atoms with E-state index in [-0.39, 0.29) is 18.5 Å². The van der Waals surface area contributed by atoms with E-state index in [9.17, 15) is 19.8 Å². The van der Waals surface area contributed by atoms with Crippen molar-refractivity contribution in [3.8, 4) is 0 Å². The van der Waals surface area contributed by atoms with Crippen molar-refractivity contribution in [2.24, 2.45) is 0 Å².